The lowest BCUT2D eigenvalue weighted by Crippen LogP contribution is -2.35. The summed E-state index contributed by atoms with van der Waals surface area (Å²) in [6.07, 6.45) is 2.24. The molecule has 2 rings (SSSR count). The first kappa shape index (κ1) is 17.9. The smallest absolute Gasteiger partial charge is 0.387 e. The third kappa shape index (κ3) is 5.29. The monoisotopic (exact) mass is 411 g/mol. The summed E-state index contributed by atoms with van der Waals surface area (Å²) < 4.78 is 29.2. The highest BCUT2D eigenvalue weighted by atomic mass is 127. The molecule has 0 amide bonds. The summed E-state index contributed by atoms with van der Waals surface area (Å²) >= 11 is 0. The van der Waals surface area contributed by atoms with E-state index in [1.165, 1.54) is 6.07 Å². The Labute approximate surface area is 140 Å². The second-order valence-electron chi connectivity index (χ2n) is 5.01. The van der Waals surface area contributed by atoms with Gasteiger partial charge in [-0.25, -0.2) is 4.99 Å². The molecule has 0 bridgehead atoms. The number of aliphatic imine (C=N–C) groups is 1. The van der Waals surface area contributed by atoms with Gasteiger partial charge in [0.05, 0.1) is 6.54 Å². The minimum Gasteiger partial charge on any atom is -0.434 e. The molecule has 1 aromatic rings. The van der Waals surface area contributed by atoms with Crippen molar-refractivity contribution in [2.75, 3.05) is 7.05 Å². The van der Waals surface area contributed by atoms with Gasteiger partial charge in [-0.1, -0.05) is 17.7 Å². The maximum atomic E-state index is 12.4. The van der Waals surface area contributed by atoms with Crippen LogP contribution in [-0.4, -0.2) is 30.6 Å². The predicted octanol–water partition coefficient (Wildman–Crippen LogP) is 3.12. The molecule has 0 atom stereocenters. The summed E-state index contributed by atoms with van der Waals surface area (Å²) in [5.74, 6) is 0.577. The van der Waals surface area contributed by atoms with Gasteiger partial charge in [0.25, 0.3) is 0 Å². The van der Waals surface area contributed by atoms with Crippen molar-refractivity contribution in [1.82, 2.24) is 4.90 Å². The first-order valence-electron chi connectivity index (χ1n) is 6.54. The number of hydrogen-bond donors (Lipinski definition) is 1. The molecule has 0 spiro atoms. The first-order chi connectivity index (χ1) is 9.47. The van der Waals surface area contributed by atoms with Gasteiger partial charge < -0.3 is 15.4 Å². The van der Waals surface area contributed by atoms with Gasteiger partial charge in [-0.05, 0) is 25.8 Å². The first-order valence-corrected chi connectivity index (χ1v) is 6.54. The highest BCUT2D eigenvalue weighted by Gasteiger charge is 2.27. The molecule has 0 radical (unpaired) electrons. The average Bonchev–Trinajstić information content (AvgIpc) is 3.21. The van der Waals surface area contributed by atoms with E-state index in [4.69, 9.17) is 5.73 Å². The number of alkyl halides is 2. The quantitative estimate of drug-likeness (QED) is 0.460. The summed E-state index contributed by atoms with van der Waals surface area (Å²) in [6.45, 7) is -0.724. The minimum absolute atomic E-state index is 0. The van der Waals surface area contributed by atoms with Crippen LogP contribution >= 0.6 is 24.0 Å². The van der Waals surface area contributed by atoms with Crippen molar-refractivity contribution in [2.45, 2.75) is 39.0 Å². The second kappa shape index (κ2) is 7.77. The number of guanidine groups is 1. The number of nitrogens with zero attached hydrogens (tertiary/aromatic N) is 2. The van der Waals surface area contributed by atoms with E-state index in [0.717, 1.165) is 18.4 Å². The van der Waals surface area contributed by atoms with Gasteiger partial charge in [-0.3, -0.25) is 0 Å². The number of nitrogens with two attached hydrogens (primary N) is 1. The van der Waals surface area contributed by atoms with E-state index < -0.39 is 6.61 Å². The van der Waals surface area contributed by atoms with Crippen LogP contribution < -0.4 is 10.5 Å². The zero-order valence-corrected chi connectivity index (χ0v) is 14.4. The van der Waals surface area contributed by atoms with Crippen molar-refractivity contribution in [3.05, 3.63) is 29.3 Å². The Morgan fingerprint density at radius 1 is 1.48 bits per heavy atom. The molecule has 1 aliphatic rings. The molecule has 7 heteroatoms. The van der Waals surface area contributed by atoms with E-state index in [0.29, 0.717) is 17.6 Å². The normalized spacial score (nSPS) is 14.8. The van der Waals surface area contributed by atoms with Crippen molar-refractivity contribution in [3.63, 3.8) is 0 Å². The molecule has 0 saturated heterocycles. The van der Waals surface area contributed by atoms with Crippen molar-refractivity contribution < 1.29 is 13.5 Å². The Morgan fingerprint density at radius 2 is 2.14 bits per heavy atom. The van der Waals surface area contributed by atoms with Gasteiger partial charge in [0.15, 0.2) is 5.96 Å². The van der Waals surface area contributed by atoms with Gasteiger partial charge in [0.1, 0.15) is 5.75 Å². The van der Waals surface area contributed by atoms with Crippen LogP contribution in [0.1, 0.15) is 24.0 Å². The molecule has 0 aromatic heterocycles. The largest absolute Gasteiger partial charge is 0.434 e. The van der Waals surface area contributed by atoms with Crippen molar-refractivity contribution in [1.29, 1.82) is 0 Å². The molecule has 0 unspecified atom stereocenters. The molecule has 0 aliphatic heterocycles. The van der Waals surface area contributed by atoms with Crippen LogP contribution in [-0.2, 0) is 6.54 Å². The molecule has 1 aliphatic carbocycles. The summed E-state index contributed by atoms with van der Waals surface area (Å²) in [5.41, 5.74) is 7.45. The molecule has 4 nitrogen and oxygen atoms in total. The molecule has 1 aromatic carbocycles. The van der Waals surface area contributed by atoms with E-state index >= 15 is 0 Å². The molecular formula is C14H20F2IN3O. The zero-order chi connectivity index (χ0) is 14.7. The van der Waals surface area contributed by atoms with Gasteiger partial charge in [-0.15, -0.1) is 24.0 Å². The summed E-state index contributed by atoms with van der Waals surface area (Å²) in [6, 6.07) is 5.51. The third-order valence-corrected chi connectivity index (χ3v) is 3.30. The standard InChI is InChI=1S/C14H19F2N3O.HI/c1-9-3-6-12(20-13(15)16)10(7-9)8-18-14(17)19(2)11-4-5-11;/h3,6-7,11,13H,4-5,8H2,1-2H3,(H2,17,18);1H. The van der Waals surface area contributed by atoms with Crippen LogP contribution in [0.3, 0.4) is 0 Å². The summed E-state index contributed by atoms with van der Waals surface area (Å²) in [4.78, 5) is 6.18. The van der Waals surface area contributed by atoms with Crippen molar-refractivity contribution in [2.24, 2.45) is 10.7 Å². The highest BCUT2D eigenvalue weighted by Crippen LogP contribution is 2.26. The Bertz CT molecular complexity index is 507. The molecule has 1 fully saturated rings. The lowest BCUT2D eigenvalue weighted by atomic mass is 10.1. The number of hydrogen-bond acceptors (Lipinski definition) is 2. The van der Waals surface area contributed by atoms with Crippen LogP contribution in [0.25, 0.3) is 0 Å². The van der Waals surface area contributed by atoms with Gasteiger partial charge in [-0.2, -0.15) is 8.78 Å². The lowest BCUT2D eigenvalue weighted by molar-refractivity contribution is -0.0504. The fraction of sp³-hybridized carbons (Fsp3) is 0.500. The van der Waals surface area contributed by atoms with E-state index in [1.54, 1.807) is 12.1 Å². The van der Waals surface area contributed by atoms with E-state index in [1.807, 2.05) is 18.9 Å². The summed E-state index contributed by atoms with van der Waals surface area (Å²) in [5, 5.41) is 0. The molecule has 2 N–H and O–H groups in total. The maximum absolute atomic E-state index is 12.4. The van der Waals surface area contributed by atoms with Crippen LogP contribution in [0.5, 0.6) is 5.75 Å². The number of halogens is 3. The fourth-order valence-electron chi connectivity index (χ4n) is 1.97. The van der Waals surface area contributed by atoms with Crippen molar-refractivity contribution >= 4 is 29.9 Å². The third-order valence-electron chi connectivity index (χ3n) is 3.30. The molecule has 0 heterocycles. The zero-order valence-electron chi connectivity index (χ0n) is 12.1. The van der Waals surface area contributed by atoms with E-state index in [9.17, 15) is 8.78 Å². The summed E-state index contributed by atoms with van der Waals surface area (Å²) in [7, 11) is 1.89. The van der Waals surface area contributed by atoms with Crippen LogP contribution in [0.4, 0.5) is 8.78 Å². The molecule has 1 saturated carbocycles. The van der Waals surface area contributed by atoms with Gasteiger partial charge >= 0.3 is 6.61 Å². The molecular weight excluding hydrogens is 391 g/mol. The Hall–Kier alpha value is -1.12. The SMILES string of the molecule is Cc1ccc(OC(F)F)c(CN=C(N)N(C)C2CC2)c1.I. The Kier molecular flexibility index (Phi) is 6.63. The number of aryl methyl sites for hydroxylation is 1. The lowest BCUT2D eigenvalue weighted by Gasteiger charge is -2.17. The van der Waals surface area contributed by atoms with Crippen molar-refractivity contribution in [3.8, 4) is 5.75 Å². The van der Waals surface area contributed by atoms with Crippen LogP contribution in [0.15, 0.2) is 23.2 Å². The molecule has 118 valence electrons. The Balaban J connectivity index is 0.00000220. The van der Waals surface area contributed by atoms with Gasteiger partial charge in [0.2, 0.25) is 0 Å². The van der Waals surface area contributed by atoms with E-state index in [2.05, 4.69) is 9.73 Å². The molecule has 21 heavy (non-hydrogen) atoms. The highest BCUT2D eigenvalue weighted by molar-refractivity contribution is 14.0. The predicted molar refractivity (Wildman–Crippen MR) is 89.3 cm³/mol. The van der Waals surface area contributed by atoms with Crippen LogP contribution in [0.2, 0.25) is 0 Å². The topological polar surface area (TPSA) is 50.9 Å². The minimum atomic E-state index is -2.84. The maximum Gasteiger partial charge on any atom is 0.387 e. The number of rotatable bonds is 5. The number of benzene rings is 1. The van der Waals surface area contributed by atoms with E-state index in [-0.39, 0.29) is 36.3 Å². The average molecular weight is 411 g/mol. The second-order valence-corrected chi connectivity index (χ2v) is 5.01. The number of ether oxygens (including phenoxy) is 1. The fourth-order valence-corrected chi connectivity index (χ4v) is 1.97. The van der Waals surface area contributed by atoms with Gasteiger partial charge in [0, 0.05) is 18.7 Å². The van der Waals surface area contributed by atoms with Crippen LogP contribution in [0, 0.1) is 6.92 Å². The Morgan fingerprint density at radius 3 is 2.71 bits per heavy atom.